The number of hydrogen-bond donors (Lipinski definition) is 2. The van der Waals surface area contributed by atoms with E-state index < -0.39 is 0 Å². The van der Waals surface area contributed by atoms with Crippen molar-refractivity contribution in [2.75, 3.05) is 18.5 Å². The Morgan fingerprint density at radius 3 is 2.69 bits per heavy atom. The van der Waals surface area contributed by atoms with Crippen LogP contribution in [0.2, 0.25) is 0 Å². The van der Waals surface area contributed by atoms with E-state index in [0.717, 1.165) is 5.56 Å². The van der Waals surface area contributed by atoms with E-state index in [0.29, 0.717) is 33.7 Å². The van der Waals surface area contributed by atoms with Crippen LogP contribution in [-0.2, 0) is 4.79 Å². The summed E-state index contributed by atoms with van der Waals surface area (Å²) < 4.78 is 1.89. The van der Waals surface area contributed by atoms with Crippen molar-refractivity contribution in [1.82, 2.24) is 14.3 Å². The van der Waals surface area contributed by atoms with Crippen LogP contribution >= 0.6 is 24.0 Å². The number of aromatic nitrogens is 2. The molecule has 0 aliphatic carbocycles. The fourth-order valence-electron chi connectivity index (χ4n) is 3.48. The average molecular weight is 467 g/mol. The Morgan fingerprint density at radius 1 is 1.19 bits per heavy atom. The van der Waals surface area contributed by atoms with Crippen molar-refractivity contribution in [3.63, 3.8) is 0 Å². The molecule has 7 nitrogen and oxygen atoms in total. The Bertz CT molecular complexity index is 1260. The van der Waals surface area contributed by atoms with Gasteiger partial charge in [-0.1, -0.05) is 60.4 Å². The number of hydrogen-bond acceptors (Lipinski definition) is 7. The van der Waals surface area contributed by atoms with E-state index in [4.69, 9.17) is 17.3 Å². The Hall–Kier alpha value is -3.01. The Kier molecular flexibility index (Phi) is 6.69. The highest BCUT2D eigenvalue weighted by atomic mass is 32.2. The zero-order valence-electron chi connectivity index (χ0n) is 17.4. The van der Waals surface area contributed by atoms with Gasteiger partial charge in [0.25, 0.3) is 11.5 Å². The number of carbonyl (C=O) groups excluding carboxylic acids is 1. The van der Waals surface area contributed by atoms with Crippen LogP contribution in [-0.4, -0.2) is 42.8 Å². The summed E-state index contributed by atoms with van der Waals surface area (Å²) in [5.41, 5.74) is 1.46. The lowest BCUT2D eigenvalue weighted by Crippen LogP contribution is -2.31. The van der Waals surface area contributed by atoms with Crippen molar-refractivity contribution in [2.24, 2.45) is 0 Å². The summed E-state index contributed by atoms with van der Waals surface area (Å²) in [5, 5.41) is 12.2. The van der Waals surface area contributed by atoms with Crippen LogP contribution in [0.1, 0.15) is 30.5 Å². The summed E-state index contributed by atoms with van der Waals surface area (Å²) in [6.07, 6.45) is 3.71. The predicted molar refractivity (Wildman–Crippen MR) is 132 cm³/mol. The van der Waals surface area contributed by atoms with E-state index in [1.54, 1.807) is 35.4 Å². The smallest absolute Gasteiger partial charge is 0.267 e. The van der Waals surface area contributed by atoms with Gasteiger partial charge in [-0.25, -0.2) is 4.98 Å². The highest BCUT2D eigenvalue weighted by Crippen LogP contribution is 2.38. The molecule has 9 heteroatoms. The number of carbonyl (C=O) groups is 1. The zero-order chi connectivity index (χ0) is 22.7. The summed E-state index contributed by atoms with van der Waals surface area (Å²) >= 11 is 6.68. The largest absolute Gasteiger partial charge is 0.396 e. The van der Waals surface area contributed by atoms with Crippen molar-refractivity contribution < 1.29 is 9.90 Å². The van der Waals surface area contributed by atoms with Crippen LogP contribution < -0.4 is 10.9 Å². The SMILES string of the molecule is CC(c1ccccc1)N1C(=O)/C(=C/c2c(NCCCO)nc3ccccn3c2=O)SC1=S. The number of thiocarbonyl (C=S) groups is 1. The summed E-state index contributed by atoms with van der Waals surface area (Å²) in [7, 11) is 0. The highest BCUT2D eigenvalue weighted by molar-refractivity contribution is 8.26. The van der Waals surface area contributed by atoms with Gasteiger partial charge in [-0.15, -0.1) is 0 Å². The van der Waals surface area contributed by atoms with Gasteiger partial charge >= 0.3 is 0 Å². The fraction of sp³-hybridized carbons (Fsp3) is 0.217. The van der Waals surface area contributed by atoms with Gasteiger partial charge in [0.05, 0.1) is 16.5 Å². The minimum absolute atomic E-state index is 0.0188. The zero-order valence-corrected chi connectivity index (χ0v) is 19.0. The summed E-state index contributed by atoms with van der Waals surface area (Å²) in [5.74, 6) is 0.131. The van der Waals surface area contributed by atoms with Gasteiger partial charge < -0.3 is 10.4 Å². The number of nitrogens with one attached hydrogen (secondary N) is 1. The van der Waals surface area contributed by atoms with Crippen molar-refractivity contribution in [1.29, 1.82) is 0 Å². The summed E-state index contributed by atoms with van der Waals surface area (Å²) in [6.45, 7) is 2.39. The first-order chi connectivity index (χ1) is 15.5. The van der Waals surface area contributed by atoms with Gasteiger partial charge in [-0.2, -0.15) is 0 Å². The van der Waals surface area contributed by atoms with Crippen molar-refractivity contribution in [2.45, 2.75) is 19.4 Å². The average Bonchev–Trinajstić information content (AvgIpc) is 3.09. The summed E-state index contributed by atoms with van der Waals surface area (Å²) in [4.78, 5) is 33.0. The Labute approximate surface area is 194 Å². The second-order valence-electron chi connectivity index (χ2n) is 7.25. The lowest BCUT2D eigenvalue weighted by atomic mass is 10.1. The third-order valence-electron chi connectivity index (χ3n) is 5.16. The van der Waals surface area contributed by atoms with Gasteiger partial charge in [0, 0.05) is 19.3 Å². The van der Waals surface area contributed by atoms with Gasteiger partial charge in [-0.3, -0.25) is 18.9 Å². The van der Waals surface area contributed by atoms with Crippen LogP contribution in [0, 0.1) is 0 Å². The number of anilines is 1. The lowest BCUT2D eigenvalue weighted by Gasteiger charge is -2.23. The number of pyridine rings is 1. The quantitative estimate of drug-likeness (QED) is 0.313. The predicted octanol–water partition coefficient (Wildman–Crippen LogP) is 3.45. The molecular weight excluding hydrogens is 444 g/mol. The molecule has 1 saturated heterocycles. The Morgan fingerprint density at radius 2 is 1.94 bits per heavy atom. The number of thioether (sulfide) groups is 1. The molecule has 3 aromatic rings. The van der Waals surface area contributed by atoms with Crippen molar-refractivity contribution in [3.8, 4) is 0 Å². The normalized spacial score (nSPS) is 16.2. The molecule has 4 rings (SSSR count). The van der Waals surface area contributed by atoms with Crippen LogP contribution in [0.5, 0.6) is 0 Å². The van der Waals surface area contributed by atoms with E-state index in [2.05, 4.69) is 10.3 Å². The van der Waals surface area contributed by atoms with E-state index in [1.165, 1.54) is 16.2 Å². The maximum Gasteiger partial charge on any atom is 0.267 e. The maximum atomic E-state index is 13.2. The number of aliphatic hydroxyl groups is 1. The number of aliphatic hydroxyl groups excluding tert-OH is 1. The van der Waals surface area contributed by atoms with Crippen LogP contribution in [0.4, 0.5) is 5.82 Å². The molecule has 1 fully saturated rings. The monoisotopic (exact) mass is 466 g/mol. The molecule has 0 radical (unpaired) electrons. The molecule has 0 spiro atoms. The minimum Gasteiger partial charge on any atom is -0.396 e. The number of benzene rings is 1. The molecule has 0 saturated carbocycles. The van der Waals surface area contributed by atoms with Gasteiger partial charge in [0.1, 0.15) is 15.8 Å². The molecule has 164 valence electrons. The second kappa shape index (κ2) is 9.64. The molecular formula is C23H22N4O3S2. The minimum atomic E-state index is -0.288. The topological polar surface area (TPSA) is 86.9 Å². The first-order valence-corrected chi connectivity index (χ1v) is 11.4. The van der Waals surface area contributed by atoms with Crippen molar-refractivity contribution in [3.05, 3.63) is 81.1 Å². The molecule has 1 aliphatic heterocycles. The maximum absolute atomic E-state index is 13.2. The lowest BCUT2D eigenvalue weighted by molar-refractivity contribution is -0.123. The number of amides is 1. The standard InChI is InChI=1S/C23H22N4O3S2/c1-15(16-8-3-2-4-9-16)27-22(30)18(32-23(27)31)14-17-20(24-11-7-13-28)25-19-10-5-6-12-26(19)21(17)29/h2-6,8-10,12,14-15,24,28H,7,11,13H2,1H3/b18-14-. The van der Waals surface area contributed by atoms with Gasteiger partial charge in [0.2, 0.25) is 0 Å². The fourth-order valence-corrected chi connectivity index (χ4v) is 4.88. The molecule has 3 heterocycles. The molecule has 2 N–H and O–H groups in total. The van der Waals surface area contributed by atoms with Crippen LogP contribution in [0.15, 0.2) is 64.4 Å². The molecule has 32 heavy (non-hydrogen) atoms. The van der Waals surface area contributed by atoms with E-state index in [9.17, 15) is 9.59 Å². The molecule has 1 amide bonds. The highest BCUT2D eigenvalue weighted by Gasteiger charge is 2.36. The second-order valence-corrected chi connectivity index (χ2v) is 8.93. The number of fused-ring (bicyclic) bond motifs is 1. The Balaban J connectivity index is 1.74. The van der Waals surface area contributed by atoms with Gasteiger partial charge in [-0.05, 0) is 37.1 Å². The van der Waals surface area contributed by atoms with Crippen LogP contribution in [0.3, 0.4) is 0 Å². The first kappa shape index (κ1) is 22.2. The molecule has 1 unspecified atom stereocenters. The molecule has 1 aromatic carbocycles. The third kappa shape index (κ3) is 4.32. The first-order valence-electron chi connectivity index (χ1n) is 10.2. The van der Waals surface area contributed by atoms with E-state index >= 15 is 0 Å². The number of nitrogens with zero attached hydrogens (tertiary/aromatic N) is 3. The molecule has 1 aliphatic rings. The van der Waals surface area contributed by atoms with E-state index in [-0.39, 0.29) is 29.7 Å². The van der Waals surface area contributed by atoms with Gasteiger partial charge in [0.15, 0.2) is 0 Å². The molecule has 0 bridgehead atoms. The number of rotatable bonds is 7. The van der Waals surface area contributed by atoms with E-state index in [1.807, 2.05) is 37.3 Å². The molecule has 1 atom stereocenters. The van der Waals surface area contributed by atoms with Crippen molar-refractivity contribution >= 4 is 51.7 Å². The molecule has 2 aromatic heterocycles. The van der Waals surface area contributed by atoms with Crippen LogP contribution in [0.25, 0.3) is 11.7 Å². The third-order valence-corrected chi connectivity index (χ3v) is 6.50. The summed E-state index contributed by atoms with van der Waals surface area (Å²) in [6, 6.07) is 14.7.